The first-order chi connectivity index (χ1) is 7.77. The molecule has 1 aliphatic carbocycles. The lowest BCUT2D eigenvalue weighted by Gasteiger charge is -2.26. The van der Waals surface area contributed by atoms with E-state index >= 15 is 0 Å². The maximum Gasteiger partial charge on any atom is 0.0771 e. The van der Waals surface area contributed by atoms with Crippen LogP contribution >= 0.6 is 0 Å². The molecule has 1 fully saturated rings. The minimum atomic E-state index is -0.457. The SMILES string of the molecule is CCCOCCNCC1(O)CCCCCC1. The summed E-state index contributed by atoms with van der Waals surface area (Å²) in [4.78, 5) is 0. The van der Waals surface area contributed by atoms with Crippen molar-refractivity contribution >= 4 is 0 Å². The van der Waals surface area contributed by atoms with Crippen molar-refractivity contribution in [3.8, 4) is 0 Å². The van der Waals surface area contributed by atoms with Gasteiger partial charge in [0.2, 0.25) is 0 Å². The molecule has 1 aliphatic rings. The Morgan fingerprint density at radius 1 is 1.12 bits per heavy atom. The maximum atomic E-state index is 10.4. The van der Waals surface area contributed by atoms with Gasteiger partial charge in [0, 0.05) is 19.7 Å². The van der Waals surface area contributed by atoms with Crippen LogP contribution in [0.5, 0.6) is 0 Å². The monoisotopic (exact) mass is 229 g/mol. The highest BCUT2D eigenvalue weighted by molar-refractivity contribution is 4.82. The highest BCUT2D eigenvalue weighted by Crippen LogP contribution is 2.26. The predicted molar refractivity (Wildman–Crippen MR) is 66.6 cm³/mol. The third kappa shape index (κ3) is 5.83. The molecule has 0 bridgehead atoms. The van der Waals surface area contributed by atoms with E-state index in [1.807, 2.05) is 0 Å². The average molecular weight is 229 g/mol. The van der Waals surface area contributed by atoms with Crippen LogP contribution in [0.1, 0.15) is 51.9 Å². The summed E-state index contributed by atoms with van der Waals surface area (Å²) in [5, 5.41) is 13.7. The molecule has 0 saturated heterocycles. The second-order valence-electron chi connectivity index (χ2n) is 4.93. The summed E-state index contributed by atoms with van der Waals surface area (Å²) in [5.74, 6) is 0. The van der Waals surface area contributed by atoms with Gasteiger partial charge in [0.25, 0.3) is 0 Å². The van der Waals surface area contributed by atoms with Gasteiger partial charge in [0.15, 0.2) is 0 Å². The van der Waals surface area contributed by atoms with Crippen molar-refractivity contribution in [2.75, 3.05) is 26.3 Å². The Kier molecular flexibility index (Phi) is 7.01. The van der Waals surface area contributed by atoms with E-state index in [4.69, 9.17) is 4.74 Å². The van der Waals surface area contributed by atoms with Crippen molar-refractivity contribution in [1.29, 1.82) is 0 Å². The van der Waals surface area contributed by atoms with E-state index in [0.29, 0.717) is 0 Å². The Morgan fingerprint density at radius 3 is 2.44 bits per heavy atom. The van der Waals surface area contributed by atoms with Crippen LogP contribution in [-0.4, -0.2) is 37.0 Å². The van der Waals surface area contributed by atoms with Crippen molar-refractivity contribution in [1.82, 2.24) is 5.32 Å². The Morgan fingerprint density at radius 2 is 1.81 bits per heavy atom. The zero-order chi connectivity index (χ0) is 11.7. The molecule has 0 aliphatic heterocycles. The minimum Gasteiger partial charge on any atom is -0.389 e. The summed E-state index contributed by atoms with van der Waals surface area (Å²) in [7, 11) is 0. The van der Waals surface area contributed by atoms with Gasteiger partial charge in [-0.15, -0.1) is 0 Å². The molecule has 0 amide bonds. The second kappa shape index (κ2) is 8.04. The summed E-state index contributed by atoms with van der Waals surface area (Å²) in [6, 6.07) is 0. The molecule has 0 aromatic carbocycles. The summed E-state index contributed by atoms with van der Waals surface area (Å²) >= 11 is 0. The van der Waals surface area contributed by atoms with E-state index in [1.54, 1.807) is 0 Å². The van der Waals surface area contributed by atoms with E-state index in [0.717, 1.165) is 45.6 Å². The fourth-order valence-electron chi connectivity index (χ4n) is 2.28. The van der Waals surface area contributed by atoms with E-state index in [2.05, 4.69) is 12.2 Å². The standard InChI is InChI=1S/C13H27NO2/c1-2-10-16-11-9-14-12-13(15)7-5-3-4-6-8-13/h14-15H,2-12H2,1H3. The lowest BCUT2D eigenvalue weighted by molar-refractivity contribution is 0.0232. The van der Waals surface area contributed by atoms with Crippen molar-refractivity contribution in [2.45, 2.75) is 57.5 Å². The van der Waals surface area contributed by atoms with Crippen molar-refractivity contribution in [3.05, 3.63) is 0 Å². The number of rotatable bonds is 7. The number of nitrogens with one attached hydrogen (secondary N) is 1. The molecule has 16 heavy (non-hydrogen) atoms. The van der Waals surface area contributed by atoms with E-state index in [9.17, 15) is 5.11 Å². The van der Waals surface area contributed by atoms with Crippen LogP contribution in [0.4, 0.5) is 0 Å². The fourth-order valence-corrected chi connectivity index (χ4v) is 2.28. The van der Waals surface area contributed by atoms with Crippen molar-refractivity contribution in [2.24, 2.45) is 0 Å². The fraction of sp³-hybridized carbons (Fsp3) is 1.00. The number of hydrogen-bond acceptors (Lipinski definition) is 3. The molecule has 1 rings (SSSR count). The minimum absolute atomic E-state index is 0.457. The van der Waals surface area contributed by atoms with E-state index < -0.39 is 5.60 Å². The number of hydrogen-bond donors (Lipinski definition) is 2. The molecule has 0 aromatic heterocycles. The molecule has 0 unspecified atom stereocenters. The Labute approximate surface area is 99.6 Å². The first-order valence-corrected chi connectivity index (χ1v) is 6.78. The summed E-state index contributed by atoms with van der Waals surface area (Å²) in [6.45, 7) is 5.28. The first-order valence-electron chi connectivity index (χ1n) is 6.78. The van der Waals surface area contributed by atoms with Crippen LogP contribution in [-0.2, 0) is 4.74 Å². The third-order valence-electron chi connectivity index (χ3n) is 3.26. The predicted octanol–water partition coefficient (Wildman–Crippen LogP) is 2.09. The van der Waals surface area contributed by atoms with Gasteiger partial charge in [-0.2, -0.15) is 0 Å². The van der Waals surface area contributed by atoms with Gasteiger partial charge in [0.1, 0.15) is 0 Å². The highest BCUT2D eigenvalue weighted by Gasteiger charge is 2.26. The summed E-state index contributed by atoms with van der Waals surface area (Å²) < 4.78 is 5.39. The van der Waals surface area contributed by atoms with E-state index in [-0.39, 0.29) is 0 Å². The molecule has 3 heteroatoms. The van der Waals surface area contributed by atoms with Gasteiger partial charge in [-0.1, -0.05) is 32.6 Å². The van der Waals surface area contributed by atoms with Crippen LogP contribution in [0.15, 0.2) is 0 Å². The first kappa shape index (κ1) is 13.9. The lowest BCUT2D eigenvalue weighted by atomic mass is 9.94. The zero-order valence-electron chi connectivity index (χ0n) is 10.6. The number of aliphatic hydroxyl groups is 1. The quantitative estimate of drug-likeness (QED) is 0.519. The molecule has 1 saturated carbocycles. The van der Waals surface area contributed by atoms with Gasteiger partial charge in [-0.25, -0.2) is 0 Å². The second-order valence-corrected chi connectivity index (χ2v) is 4.93. The van der Waals surface area contributed by atoms with E-state index in [1.165, 1.54) is 25.7 Å². The molecule has 96 valence electrons. The molecule has 0 atom stereocenters. The molecule has 0 heterocycles. The number of ether oxygens (including phenoxy) is 1. The van der Waals surface area contributed by atoms with Gasteiger partial charge in [-0.3, -0.25) is 0 Å². The van der Waals surface area contributed by atoms with Crippen LogP contribution < -0.4 is 5.32 Å². The Balaban J connectivity index is 2.05. The van der Waals surface area contributed by atoms with Gasteiger partial charge >= 0.3 is 0 Å². The topological polar surface area (TPSA) is 41.5 Å². The zero-order valence-corrected chi connectivity index (χ0v) is 10.6. The molecule has 2 N–H and O–H groups in total. The molecule has 3 nitrogen and oxygen atoms in total. The third-order valence-corrected chi connectivity index (χ3v) is 3.26. The van der Waals surface area contributed by atoms with Crippen molar-refractivity contribution in [3.63, 3.8) is 0 Å². The van der Waals surface area contributed by atoms with Crippen LogP contribution in [0.25, 0.3) is 0 Å². The molecule has 0 aromatic rings. The molecule has 0 spiro atoms. The van der Waals surface area contributed by atoms with Crippen LogP contribution in [0.2, 0.25) is 0 Å². The van der Waals surface area contributed by atoms with Gasteiger partial charge in [-0.05, 0) is 19.3 Å². The highest BCUT2D eigenvalue weighted by atomic mass is 16.5. The average Bonchev–Trinajstić information content (AvgIpc) is 2.49. The normalized spacial score (nSPS) is 20.6. The lowest BCUT2D eigenvalue weighted by Crippen LogP contribution is -2.41. The summed E-state index contributed by atoms with van der Waals surface area (Å²) in [6.07, 6.45) is 7.88. The van der Waals surface area contributed by atoms with Crippen molar-refractivity contribution < 1.29 is 9.84 Å². The van der Waals surface area contributed by atoms with Gasteiger partial charge in [0.05, 0.1) is 12.2 Å². The van der Waals surface area contributed by atoms with Crippen LogP contribution in [0.3, 0.4) is 0 Å². The molecule has 0 radical (unpaired) electrons. The maximum absolute atomic E-state index is 10.4. The Hall–Kier alpha value is -0.120. The Bertz CT molecular complexity index is 165. The molecular weight excluding hydrogens is 202 g/mol. The van der Waals surface area contributed by atoms with Gasteiger partial charge < -0.3 is 15.2 Å². The summed E-state index contributed by atoms with van der Waals surface area (Å²) in [5.41, 5.74) is -0.457. The van der Waals surface area contributed by atoms with Crippen LogP contribution in [0, 0.1) is 0 Å². The smallest absolute Gasteiger partial charge is 0.0771 e. The largest absolute Gasteiger partial charge is 0.389 e. The molecular formula is C13H27NO2.